The molecule has 0 saturated carbocycles. The third-order valence-electron chi connectivity index (χ3n) is 5.59. The monoisotopic (exact) mass is 461 g/mol. The van der Waals surface area contributed by atoms with Gasteiger partial charge in [-0.25, -0.2) is 0 Å². The summed E-state index contributed by atoms with van der Waals surface area (Å²) in [6.45, 7) is 4.95. The summed E-state index contributed by atoms with van der Waals surface area (Å²) in [5.74, 6) is 0.849. The van der Waals surface area contributed by atoms with Crippen molar-refractivity contribution in [2.24, 2.45) is 5.73 Å². The number of hydrogen-bond acceptors (Lipinski definition) is 6. The molecule has 2 aromatic rings. The number of methoxy groups -OCH3 is 1. The van der Waals surface area contributed by atoms with Gasteiger partial charge in [0.2, 0.25) is 0 Å². The lowest BCUT2D eigenvalue weighted by atomic mass is 9.98. The number of carbonyl (C=O) groups excluding carboxylic acids is 1. The lowest BCUT2D eigenvalue weighted by Crippen LogP contribution is -2.32. The summed E-state index contributed by atoms with van der Waals surface area (Å²) in [6, 6.07) is 9.56. The van der Waals surface area contributed by atoms with Crippen LogP contribution in [0.25, 0.3) is 0 Å². The van der Waals surface area contributed by atoms with Crippen molar-refractivity contribution in [1.29, 1.82) is 0 Å². The molecule has 0 spiro atoms. The molecule has 0 aliphatic carbocycles. The molecule has 7 nitrogen and oxygen atoms in total. The summed E-state index contributed by atoms with van der Waals surface area (Å²) in [4.78, 5) is 14.3. The van der Waals surface area contributed by atoms with Crippen LogP contribution in [0.2, 0.25) is 5.02 Å². The summed E-state index contributed by atoms with van der Waals surface area (Å²) in [5, 5.41) is 13.2. The molecule has 1 aliphatic rings. The van der Waals surface area contributed by atoms with E-state index < -0.39 is 5.91 Å². The van der Waals surface area contributed by atoms with Gasteiger partial charge >= 0.3 is 0 Å². The topological polar surface area (TPSA) is 97.1 Å². The van der Waals surface area contributed by atoms with Gasteiger partial charge in [-0.05, 0) is 55.5 Å². The second-order valence-corrected chi connectivity index (χ2v) is 8.47. The van der Waals surface area contributed by atoms with E-state index in [0.717, 1.165) is 42.7 Å². The Morgan fingerprint density at radius 1 is 1.31 bits per heavy atom. The molecule has 1 aliphatic heterocycles. The van der Waals surface area contributed by atoms with Gasteiger partial charge in [0, 0.05) is 43.4 Å². The number of benzene rings is 2. The third-order valence-corrected chi connectivity index (χ3v) is 5.82. The fourth-order valence-electron chi connectivity index (χ4n) is 4.14. The lowest BCUT2D eigenvalue weighted by molar-refractivity contribution is 0.100. The van der Waals surface area contributed by atoms with Crippen LogP contribution in [0, 0.1) is 0 Å². The highest BCUT2D eigenvalue weighted by molar-refractivity contribution is 6.30. The van der Waals surface area contributed by atoms with E-state index in [0.29, 0.717) is 41.7 Å². The fraction of sp³-hybridized carbons (Fsp3) is 0.458. The first-order valence-corrected chi connectivity index (χ1v) is 11.3. The Morgan fingerprint density at radius 3 is 2.84 bits per heavy atom. The Morgan fingerprint density at radius 2 is 2.12 bits per heavy atom. The van der Waals surface area contributed by atoms with Crippen LogP contribution in [0.5, 0.6) is 11.5 Å². The summed E-state index contributed by atoms with van der Waals surface area (Å²) in [7, 11) is 1.58. The number of primary amides is 1. The summed E-state index contributed by atoms with van der Waals surface area (Å²) in [5.41, 5.74) is 9.43. The molecule has 0 fully saturated rings. The minimum absolute atomic E-state index is 0.132. The maximum absolute atomic E-state index is 12.1. The second kappa shape index (κ2) is 11.4. The normalized spacial score (nSPS) is 13.7. The van der Waals surface area contributed by atoms with E-state index in [2.05, 4.69) is 23.2 Å². The third kappa shape index (κ3) is 6.06. The average molecular weight is 462 g/mol. The number of aliphatic hydroxyl groups excluding tert-OH is 1. The van der Waals surface area contributed by atoms with Gasteiger partial charge in [0.05, 0.1) is 18.4 Å². The van der Waals surface area contributed by atoms with Crippen molar-refractivity contribution in [3.8, 4) is 11.5 Å². The van der Waals surface area contributed by atoms with Crippen LogP contribution >= 0.6 is 11.6 Å². The average Bonchev–Trinajstić information content (AvgIpc) is 3.18. The van der Waals surface area contributed by atoms with Crippen molar-refractivity contribution < 1.29 is 19.4 Å². The van der Waals surface area contributed by atoms with Crippen LogP contribution in [0.3, 0.4) is 0 Å². The molecule has 1 amide bonds. The largest absolute Gasteiger partial charge is 0.493 e. The van der Waals surface area contributed by atoms with Crippen LogP contribution in [0.15, 0.2) is 30.3 Å². The number of nitrogens with one attached hydrogen (secondary N) is 1. The second-order valence-electron chi connectivity index (χ2n) is 8.03. The summed E-state index contributed by atoms with van der Waals surface area (Å²) < 4.78 is 11.1. The van der Waals surface area contributed by atoms with Gasteiger partial charge in [-0.15, -0.1) is 0 Å². The van der Waals surface area contributed by atoms with E-state index in [1.165, 1.54) is 0 Å². The first-order valence-electron chi connectivity index (χ1n) is 10.9. The summed E-state index contributed by atoms with van der Waals surface area (Å²) in [6.07, 6.45) is 2.33. The number of rotatable bonds is 12. The highest BCUT2D eigenvalue weighted by Crippen LogP contribution is 2.33. The van der Waals surface area contributed by atoms with Gasteiger partial charge in [0.1, 0.15) is 6.61 Å². The van der Waals surface area contributed by atoms with Crippen molar-refractivity contribution in [1.82, 2.24) is 5.32 Å². The first-order chi connectivity index (χ1) is 15.4. The number of halogens is 1. The molecule has 0 bridgehead atoms. The van der Waals surface area contributed by atoms with E-state index in [-0.39, 0.29) is 12.6 Å². The van der Waals surface area contributed by atoms with E-state index in [4.69, 9.17) is 31.9 Å². The molecular formula is C24H32ClN3O4. The highest BCUT2D eigenvalue weighted by atomic mass is 35.5. The molecule has 3 rings (SSSR count). The lowest BCUT2D eigenvalue weighted by Gasteiger charge is -2.22. The molecule has 1 atom stereocenters. The van der Waals surface area contributed by atoms with Gasteiger partial charge < -0.3 is 30.5 Å². The quantitative estimate of drug-likeness (QED) is 0.420. The molecule has 0 saturated heterocycles. The van der Waals surface area contributed by atoms with Gasteiger partial charge in [-0.1, -0.05) is 17.7 Å². The maximum atomic E-state index is 12.1. The van der Waals surface area contributed by atoms with Crippen LogP contribution < -0.4 is 25.4 Å². The number of carbonyl (C=O) groups is 1. The minimum atomic E-state index is -0.412. The maximum Gasteiger partial charge on any atom is 0.250 e. The minimum Gasteiger partial charge on any atom is -0.493 e. The zero-order valence-electron chi connectivity index (χ0n) is 18.7. The molecule has 0 unspecified atom stereocenters. The van der Waals surface area contributed by atoms with E-state index in [9.17, 15) is 4.79 Å². The number of hydrogen-bond donors (Lipinski definition) is 3. The molecule has 174 valence electrons. The van der Waals surface area contributed by atoms with Gasteiger partial charge in [-0.3, -0.25) is 4.79 Å². The van der Waals surface area contributed by atoms with Crippen molar-refractivity contribution in [3.63, 3.8) is 0 Å². The van der Waals surface area contributed by atoms with E-state index >= 15 is 0 Å². The first kappa shape index (κ1) is 24.2. The zero-order valence-corrected chi connectivity index (χ0v) is 19.5. The standard InChI is InChI=1S/C24H32ClN3O4/c1-16(27-7-11-32-21-5-4-19(25)15-22(21)31-2)12-17-13-18-6-9-28(8-3-10-29)23(18)20(14-17)24(26)30/h4-5,13-16,27,29H,3,6-12H2,1-2H3,(H2,26,30)/t16-/m1/s1. The smallest absolute Gasteiger partial charge is 0.250 e. The number of amides is 1. The molecule has 4 N–H and O–H groups in total. The molecule has 2 aromatic carbocycles. The molecule has 1 heterocycles. The summed E-state index contributed by atoms with van der Waals surface area (Å²) >= 11 is 5.98. The van der Waals surface area contributed by atoms with Crippen molar-refractivity contribution in [2.75, 3.05) is 44.9 Å². The predicted octanol–water partition coefficient (Wildman–Crippen LogP) is 2.79. The highest BCUT2D eigenvalue weighted by Gasteiger charge is 2.25. The Labute approximate surface area is 194 Å². The van der Waals surface area contributed by atoms with Crippen LogP contribution in [-0.2, 0) is 12.8 Å². The molecule has 8 heteroatoms. The number of fused-ring (bicyclic) bond motifs is 1. The number of aliphatic hydroxyl groups is 1. The Hall–Kier alpha value is -2.48. The molecular weight excluding hydrogens is 430 g/mol. The Kier molecular flexibility index (Phi) is 8.61. The van der Waals surface area contributed by atoms with Gasteiger partial charge in [-0.2, -0.15) is 0 Å². The number of ether oxygens (including phenoxy) is 2. The number of nitrogens with zero attached hydrogens (tertiary/aromatic N) is 1. The molecule has 32 heavy (non-hydrogen) atoms. The Bertz CT molecular complexity index is 938. The fourth-order valence-corrected chi connectivity index (χ4v) is 4.30. The SMILES string of the molecule is COc1cc(Cl)ccc1OCCN[C@H](C)Cc1cc2c(c(C(N)=O)c1)N(CCCO)CC2. The van der Waals surface area contributed by atoms with Crippen LogP contribution in [0.1, 0.15) is 34.8 Å². The van der Waals surface area contributed by atoms with Crippen LogP contribution in [0.4, 0.5) is 5.69 Å². The number of anilines is 1. The van der Waals surface area contributed by atoms with Crippen molar-refractivity contribution in [2.45, 2.75) is 32.2 Å². The Balaban J connectivity index is 1.57. The van der Waals surface area contributed by atoms with Gasteiger partial charge in [0.15, 0.2) is 11.5 Å². The van der Waals surface area contributed by atoms with E-state index in [1.807, 2.05) is 6.07 Å². The molecule has 0 radical (unpaired) electrons. The van der Waals surface area contributed by atoms with Crippen molar-refractivity contribution in [3.05, 3.63) is 52.0 Å². The molecule has 0 aromatic heterocycles. The van der Waals surface area contributed by atoms with Gasteiger partial charge in [0.25, 0.3) is 5.91 Å². The van der Waals surface area contributed by atoms with Crippen LogP contribution in [-0.4, -0.2) is 57.0 Å². The van der Waals surface area contributed by atoms with E-state index in [1.54, 1.807) is 25.3 Å². The number of nitrogens with two attached hydrogens (primary N) is 1. The van der Waals surface area contributed by atoms with Crippen molar-refractivity contribution >= 4 is 23.2 Å². The predicted molar refractivity (Wildman–Crippen MR) is 127 cm³/mol. The zero-order chi connectivity index (χ0) is 23.1.